The maximum atomic E-state index is 13.8. The first-order valence-corrected chi connectivity index (χ1v) is 5.92. The first-order chi connectivity index (χ1) is 8.69. The van der Waals surface area contributed by atoms with Crippen molar-refractivity contribution in [2.45, 2.75) is 20.3 Å². The molecule has 18 heavy (non-hydrogen) atoms. The molecule has 96 valence electrons. The fraction of sp³-hybridized carbons (Fsp3) is 0.385. The van der Waals surface area contributed by atoms with Crippen molar-refractivity contribution in [2.24, 2.45) is 4.99 Å². The molecule has 1 aliphatic heterocycles. The van der Waals surface area contributed by atoms with E-state index in [1.54, 1.807) is 12.2 Å². The van der Waals surface area contributed by atoms with Crippen LogP contribution in [-0.2, 0) is 9.47 Å². The molecule has 1 aliphatic carbocycles. The number of fused-ring (bicyclic) bond motifs is 1. The minimum absolute atomic E-state index is 0.112. The maximum Gasteiger partial charge on any atom is 0.259 e. The second-order valence-corrected chi connectivity index (χ2v) is 3.76. The Labute approximate surface area is 105 Å². The smallest absolute Gasteiger partial charge is 0.259 e. The van der Waals surface area contributed by atoms with Crippen molar-refractivity contribution in [1.29, 1.82) is 5.41 Å². The van der Waals surface area contributed by atoms with E-state index in [2.05, 4.69) is 4.99 Å². The molecule has 0 amide bonds. The molecule has 0 atom stereocenters. The van der Waals surface area contributed by atoms with E-state index in [1.807, 2.05) is 13.8 Å². The number of hydrogen-bond donors (Lipinski definition) is 1. The molecule has 1 heterocycles. The lowest BCUT2D eigenvalue weighted by atomic mass is 9.94. The summed E-state index contributed by atoms with van der Waals surface area (Å²) in [6, 6.07) is 0. The molecule has 0 aromatic carbocycles. The molecular weight excluding hydrogens is 235 g/mol. The largest absolute Gasteiger partial charge is 0.488 e. The van der Waals surface area contributed by atoms with Gasteiger partial charge in [-0.15, -0.1) is 0 Å². The van der Waals surface area contributed by atoms with E-state index >= 15 is 0 Å². The zero-order chi connectivity index (χ0) is 13.1. The predicted molar refractivity (Wildman–Crippen MR) is 67.3 cm³/mol. The van der Waals surface area contributed by atoms with Crippen LogP contribution in [0.5, 0.6) is 0 Å². The fourth-order valence-corrected chi connectivity index (χ4v) is 1.90. The highest BCUT2D eigenvalue weighted by Crippen LogP contribution is 2.33. The number of nitrogens with zero attached hydrogens (tertiary/aromatic N) is 1. The molecule has 0 saturated carbocycles. The third kappa shape index (κ3) is 2.08. The van der Waals surface area contributed by atoms with Crippen LogP contribution in [-0.4, -0.2) is 24.9 Å². The van der Waals surface area contributed by atoms with Gasteiger partial charge >= 0.3 is 0 Å². The zero-order valence-electron chi connectivity index (χ0n) is 10.4. The zero-order valence-corrected chi connectivity index (χ0v) is 10.4. The third-order valence-electron chi connectivity index (χ3n) is 2.58. The predicted octanol–water partition coefficient (Wildman–Crippen LogP) is 2.89. The Hall–Kier alpha value is -1.91. The van der Waals surface area contributed by atoms with E-state index in [0.717, 1.165) is 0 Å². The maximum absolute atomic E-state index is 13.8. The first kappa shape index (κ1) is 12.5. The van der Waals surface area contributed by atoms with Gasteiger partial charge < -0.3 is 9.47 Å². The van der Waals surface area contributed by atoms with E-state index in [1.165, 1.54) is 0 Å². The van der Waals surface area contributed by atoms with Crippen molar-refractivity contribution in [1.82, 2.24) is 0 Å². The van der Waals surface area contributed by atoms with E-state index in [-0.39, 0.29) is 29.6 Å². The second kappa shape index (κ2) is 5.16. The standard InChI is InChI=1S/C13H15FN2O2/c1-3-17-11-8-6-5-7-9(14)10(8)12(15)16-13(11)18-4-2/h5-6,15H,3-4,7H2,1-2H3. The molecule has 0 saturated heterocycles. The minimum Gasteiger partial charge on any atom is -0.488 e. The quantitative estimate of drug-likeness (QED) is 0.837. The topological polar surface area (TPSA) is 54.7 Å². The number of dihydropyridines is 1. The molecule has 0 aromatic heterocycles. The average Bonchev–Trinajstić information content (AvgIpc) is 2.34. The molecule has 5 heteroatoms. The summed E-state index contributed by atoms with van der Waals surface area (Å²) in [6.07, 6.45) is 3.65. The Bertz CT molecular complexity index is 501. The summed E-state index contributed by atoms with van der Waals surface area (Å²) in [7, 11) is 0. The molecule has 0 spiro atoms. The van der Waals surface area contributed by atoms with Crippen molar-refractivity contribution in [3.63, 3.8) is 0 Å². The minimum atomic E-state index is -0.353. The Kier molecular flexibility index (Phi) is 3.60. The number of nitrogens with one attached hydrogen (secondary N) is 1. The third-order valence-corrected chi connectivity index (χ3v) is 2.58. The van der Waals surface area contributed by atoms with Gasteiger partial charge in [-0.2, -0.15) is 4.99 Å². The highest BCUT2D eigenvalue weighted by Gasteiger charge is 2.30. The Morgan fingerprint density at radius 2 is 2.06 bits per heavy atom. The van der Waals surface area contributed by atoms with Gasteiger partial charge in [-0.25, -0.2) is 4.39 Å². The van der Waals surface area contributed by atoms with Crippen molar-refractivity contribution in [3.05, 3.63) is 34.9 Å². The van der Waals surface area contributed by atoms with Crippen LogP contribution in [0, 0.1) is 5.41 Å². The molecule has 4 nitrogen and oxygen atoms in total. The number of rotatable bonds is 3. The molecule has 2 rings (SSSR count). The van der Waals surface area contributed by atoms with E-state index < -0.39 is 0 Å². The van der Waals surface area contributed by atoms with Crippen LogP contribution < -0.4 is 0 Å². The van der Waals surface area contributed by atoms with Gasteiger partial charge in [0.25, 0.3) is 5.90 Å². The van der Waals surface area contributed by atoms with Crippen molar-refractivity contribution in [2.75, 3.05) is 13.2 Å². The van der Waals surface area contributed by atoms with Crippen LogP contribution in [0.2, 0.25) is 0 Å². The molecule has 0 fully saturated rings. The molecule has 1 N–H and O–H groups in total. The van der Waals surface area contributed by atoms with E-state index in [0.29, 0.717) is 24.5 Å². The number of allylic oxidation sites excluding steroid dienone is 3. The SMILES string of the molecule is CCOC1=NC(=N)C2=C(F)CC=CC2=C1OCC. The van der Waals surface area contributed by atoms with Gasteiger partial charge in [-0.3, -0.25) is 5.41 Å². The summed E-state index contributed by atoms with van der Waals surface area (Å²) >= 11 is 0. The van der Waals surface area contributed by atoms with Gasteiger partial charge in [0.2, 0.25) is 0 Å². The summed E-state index contributed by atoms with van der Waals surface area (Å²) in [5, 5.41) is 7.79. The highest BCUT2D eigenvalue weighted by atomic mass is 19.1. The lowest BCUT2D eigenvalue weighted by Crippen LogP contribution is -2.23. The number of aliphatic imine (C=N–C) groups is 1. The van der Waals surface area contributed by atoms with Crippen LogP contribution in [0.3, 0.4) is 0 Å². The summed E-state index contributed by atoms with van der Waals surface area (Å²) in [5.41, 5.74) is 0.758. The van der Waals surface area contributed by atoms with Crippen LogP contribution >= 0.6 is 0 Å². The van der Waals surface area contributed by atoms with Gasteiger partial charge in [0, 0.05) is 12.0 Å². The number of amidine groups is 1. The Balaban J connectivity index is 2.53. The van der Waals surface area contributed by atoms with Crippen LogP contribution in [0.15, 0.2) is 39.9 Å². The number of halogens is 1. The summed E-state index contributed by atoms with van der Waals surface area (Å²) < 4.78 is 24.6. The summed E-state index contributed by atoms with van der Waals surface area (Å²) in [6.45, 7) is 4.51. The molecule has 0 aromatic rings. The van der Waals surface area contributed by atoms with Gasteiger partial charge in [0.1, 0.15) is 5.83 Å². The number of hydrogen-bond acceptors (Lipinski definition) is 3. The normalized spacial score (nSPS) is 18.8. The van der Waals surface area contributed by atoms with Crippen molar-refractivity contribution >= 4 is 11.7 Å². The average molecular weight is 250 g/mol. The van der Waals surface area contributed by atoms with Crippen LogP contribution in [0.25, 0.3) is 0 Å². The molecular formula is C13H15FN2O2. The van der Waals surface area contributed by atoms with Crippen LogP contribution in [0.1, 0.15) is 20.3 Å². The van der Waals surface area contributed by atoms with E-state index in [4.69, 9.17) is 14.9 Å². The second-order valence-electron chi connectivity index (χ2n) is 3.76. The monoisotopic (exact) mass is 250 g/mol. The summed E-state index contributed by atoms with van der Waals surface area (Å²) in [4.78, 5) is 3.97. The first-order valence-electron chi connectivity index (χ1n) is 5.92. The van der Waals surface area contributed by atoms with E-state index in [9.17, 15) is 4.39 Å². The summed E-state index contributed by atoms with van der Waals surface area (Å²) in [5.74, 6) is 0.201. The van der Waals surface area contributed by atoms with Crippen molar-refractivity contribution < 1.29 is 13.9 Å². The van der Waals surface area contributed by atoms with Gasteiger partial charge in [0.05, 0.1) is 18.8 Å². The Morgan fingerprint density at radius 3 is 2.72 bits per heavy atom. The molecule has 0 bridgehead atoms. The molecule has 2 aliphatic rings. The lowest BCUT2D eigenvalue weighted by Gasteiger charge is -2.23. The van der Waals surface area contributed by atoms with Crippen molar-refractivity contribution in [3.8, 4) is 0 Å². The van der Waals surface area contributed by atoms with Crippen LogP contribution in [0.4, 0.5) is 4.39 Å². The number of ether oxygens (including phenoxy) is 2. The highest BCUT2D eigenvalue weighted by molar-refractivity contribution is 6.15. The van der Waals surface area contributed by atoms with Gasteiger partial charge in [-0.05, 0) is 13.8 Å². The molecule has 0 radical (unpaired) electrons. The van der Waals surface area contributed by atoms with Gasteiger partial charge in [-0.1, -0.05) is 12.2 Å². The van der Waals surface area contributed by atoms with Gasteiger partial charge in [0.15, 0.2) is 11.6 Å². The molecule has 0 unspecified atom stereocenters. The Morgan fingerprint density at radius 1 is 1.33 bits per heavy atom. The lowest BCUT2D eigenvalue weighted by molar-refractivity contribution is 0.221. The fourth-order valence-electron chi connectivity index (χ4n) is 1.90.